The maximum absolute atomic E-state index is 13.8. The molecule has 0 unspecified atom stereocenters. The van der Waals surface area contributed by atoms with E-state index in [2.05, 4.69) is 105 Å². The van der Waals surface area contributed by atoms with E-state index in [0.717, 1.165) is 75.2 Å². The van der Waals surface area contributed by atoms with Crippen molar-refractivity contribution in [3.8, 4) is 0 Å². The van der Waals surface area contributed by atoms with Gasteiger partial charge in [-0.05, 0) is 113 Å². The molecule has 8 atom stereocenters. The zero-order chi connectivity index (χ0) is 54.4. The van der Waals surface area contributed by atoms with Crippen LogP contribution >= 0.6 is 0 Å². The third-order valence-corrected chi connectivity index (χ3v) is 24.9. The van der Waals surface area contributed by atoms with Crippen molar-refractivity contribution in [3.05, 3.63) is 66.3 Å². The van der Waals surface area contributed by atoms with E-state index >= 15 is 0 Å². The third kappa shape index (κ3) is 27.3. The van der Waals surface area contributed by atoms with E-state index in [4.69, 9.17) is 46.5 Å². The Morgan fingerprint density at radius 2 is 1.10 bits per heavy atom. The molecule has 0 N–H and O–H groups in total. The smallest absolute Gasteiger partial charge is 0.297 e. The molecule has 1 aromatic carbocycles. The SMILES string of the molecule is CC/C=C/[C@H](OCOCC[Si](C)(C)C)[C@@H](CC/C=C/[C@@H](OCOCC[Si](C)(C)C)[C@H]1CC[C@H]([C@H]2CC[C@H]([C@@H](/C=C/CCCO[Si](C)(C)C(C)(C)C)OCOCC[Si](C)(C)C)O2)O1)OS(=O)(=O)c1ccc(C)cc1. The Kier molecular flexibility index (Phi) is 29.0. The summed E-state index contributed by atoms with van der Waals surface area (Å²) in [7, 11) is -9.73. The molecule has 2 heterocycles. The van der Waals surface area contributed by atoms with Crippen LogP contribution in [0.1, 0.15) is 91.0 Å². The van der Waals surface area contributed by atoms with E-state index in [-0.39, 0.29) is 66.9 Å². The van der Waals surface area contributed by atoms with Crippen LogP contribution in [0.25, 0.3) is 0 Å². The van der Waals surface area contributed by atoms with Crippen LogP contribution in [0.3, 0.4) is 0 Å². The zero-order valence-electron chi connectivity index (χ0n) is 48.6. The highest BCUT2D eigenvalue weighted by molar-refractivity contribution is 7.86. The minimum absolute atomic E-state index is 0.0357. The maximum atomic E-state index is 13.8. The Hall–Kier alpha value is -1.14. The van der Waals surface area contributed by atoms with Gasteiger partial charge in [0.1, 0.15) is 44.8 Å². The molecule has 422 valence electrons. The number of allylic oxidation sites excluding steroid dienone is 3. The highest BCUT2D eigenvalue weighted by Gasteiger charge is 2.42. The van der Waals surface area contributed by atoms with Crippen molar-refractivity contribution >= 4 is 42.7 Å². The summed E-state index contributed by atoms with van der Waals surface area (Å²) >= 11 is 0. The van der Waals surface area contributed by atoms with Gasteiger partial charge in [0, 0.05) is 50.6 Å². The van der Waals surface area contributed by atoms with Gasteiger partial charge in [0.15, 0.2) is 8.32 Å². The van der Waals surface area contributed by atoms with Crippen LogP contribution < -0.4 is 0 Å². The molecule has 73 heavy (non-hydrogen) atoms. The number of benzene rings is 1. The molecular weight excluding hydrogens is 1010 g/mol. The number of hydrogen-bond acceptors (Lipinski definition) is 12. The monoisotopic (exact) mass is 1110 g/mol. The van der Waals surface area contributed by atoms with Gasteiger partial charge in [-0.15, -0.1) is 0 Å². The lowest BCUT2D eigenvalue weighted by molar-refractivity contribution is -0.146. The predicted octanol–water partition coefficient (Wildman–Crippen LogP) is 13.9. The fraction of sp³-hybridized carbons (Fsp3) is 0.786. The van der Waals surface area contributed by atoms with Crippen LogP contribution in [0.4, 0.5) is 0 Å². The van der Waals surface area contributed by atoms with Gasteiger partial charge in [-0.25, -0.2) is 0 Å². The topological polar surface area (TPSA) is 126 Å². The van der Waals surface area contributed by atoms with Crippen LogP contribution in [-0.4, -0.2) is 137 Å². The van der Waals surface area contributed by atoms with E-state index in [0.29, 0.717) is 32.7 Å². The summed E-state index contributed by atoms with van der Waals surface area (Å²) in [6, 6.07) is 9.86. The number of rotatable bonds is 37. The molecule has 0 spiro atoms. The molecule has 2 fully saturated rings. The number of unbranched alkanes of at least 4 members (excludes halogenated alkanes) is 1. The molecule has 0 radical (unpaired) electrons. The highest BCUT2D eigenvalue weighted by Crippen LogP contribution is 2.37. The van der Waals surface area contributed by atoms with Gasteiger partial charge in [-0.1, -0.05) is 141 Å². The average molecular weight is 1110 g/mol. The van der Waals surface area contributed by atoms with Gasteiger partial charge in [0.25, 0.3) is 10.1 Å². The molecular formula is C56H104O12SSi4. The Bertz CT molecular complexity index is 1870. The number of ether oxygens (including phenoxy) is 8. The predicted molar refractivity (Wildman–Crippen MR) is 310 cm³/mol. The van der Waals surface area contributed by atoms with Crippen molar-refractivity contribution in [3.63, 3.8) is 0 Å². The van der Waals surface area contributed by atoms with Crippen molar-refractivity contribution in [1.29, 1.82) is 0 Å². The quantitative estimate of drug-likeness (QED) is 0.0207. The van der Waals surface area contributed by atoms with E-state index in [1.807, 2.05) is 38.2 Å². The highest BCUT2D eigenvalue weighted by atomic mass is 32.2. The molecule has 2 aliphatic rings. The van der Waals surface area contributed by atoms with Gasteiger partial charge >= 0.3 is 0 Å². The molecule has 0 amide bonds. The van der Waals surface area contributed by atoms with Crippen molar-refractivity contribution in [2.45, 2.75) is 241 Å². The molecule has 3 rings (SSSR count). The van der Waals surface area contributed by atoms with E-state index in [9.17, 15) is 8.42 Å². The molecule has 1 aromatic rings. The van der Waals surface area contributed by atoms with Crippen molar-refractivity contribution in [2.75, 3.05) is 46.8 Å². The molecule has 0 bridgehead atoms. The normalized spacial score (nSPS) is 21.5. The third-order valence-electron chi connectivity index (χ3n) is 13.9. The second kappa shape index (κ2) is 32.1. The summed E-state index contributed by atoms with van der Waals surface area (Å²) in [5.74, 6) is 0. The first-order valence-corrected chi connectivity index (χ1v) is 43.1. The van der Waals surface area contributed by atoms with E-state index < -0.39 is 54.9 Å². The standard InChI is InChI=1S/C56H104O12SSi4/c1-17-18-24-50(64-45-61-39-42-72(12,13)14)55(68-69(57,58)47-30-28-46(2)29-31-47)27-22-21-26-49(63-44-60-38-41-71(9,10)11)52-33-35-54(67-52)53-34-32-51(66-53)48(62-43-59-37-40-70(6,7)8)25-20-19-23-36-65-73(15,16)56(3,4)5/h18,20-21,24-26,28-31,48-55H,17,19,22-23,27,32-45H2,1-16H3/b24-18+,25-20+,26-21+/t48-,49-,50+,51-,52-,53-,54-,55-/m1/s1. The first kappa shape index (κ1) is 66.1. The lowest BCUT2D eigenvalue weighted by Crippen LogP contribution is -2.40. The lowest BCUT2D eigenvalue weighted by atomic mass is 10.0. The van der Waals surface area contributed by atoms with Gasteiger partial charge in [0.05, 0.1) is 29.3 Å². The lowest BCUT2D eigenvalue weighted by Gasteiger charge is -2.36. The molecule has 17 heteroatoms. The van der Waals surface area contributed by atoms with Gasteiger partial charge < -0.3 is 42.3 Å². The Balaban J connectivity index is 1.75. The number of hydrogen-bond donors (Lipinski definition) is 0. The average Bonchev–Trinajstić information content (AvgIpc) is 3.98. The minimum Gasteiger partial charge on any atom is -0.417 e. The minimum atomic E-state index is -4.11. The van der Waals surface area contributed by atoms with Crippen LogP contribution in [0.2, 0.25) is 95.2 Å². The fourth-order valence-electron chi connectivity index (χ4n) is 7.89. The second-order valence-corrected chi connectivity index (χ2v) is 48.7. The summed E-state index contributed by atoms with van der Waals surface area (Å²) in [6.07, 6.45) is 16.7. The van der Waals surface area contributed by atoms with Crippen molar-refractivity contribution in [2.24, 2.45) is 0 Å². The van der Waals surface area contributed by atoms with Crippen molar-refractivity contribution < 1.29 is 54.9 Å². The number of aryl methyl sites for hydroxylation is 1. The van der Waals surface area contributed by atoms with E-state index in [1.165, 1.54) is 0 Å². The molecule has 2 saturated heterocycles. The first-order valence-electron chi connectivity index (χ1n) is 27.6. The Morgan fingerprint density at radius 3 is 1.55 bits per heavy atom. The van der Waals surface area contributed by atoms with Crippen LogP contribution in [-0.2, 0) is 56.6 Å². The summed E-state index contributed by atoms with van der Waals surface area (Å²) in [4.78, 5) is 0.108. The molecule has 12 nitrogen and oxygen atoms in total. The van der Waals surface area contributed by atoms with Gasteiger partial charge in [0.2, 0.25) is 0 Å². The summed E-state index contributed by atoms with van der Waals surface area (Å²) in [5, 5.41) is 0.189. The molecule has 0 aliphatic carbocycles. The summed E-state index contributed by atoms with van der Waals surface area (Å²) in [5.41, 5.74) is 0.962. The molecule has 2 aliphatic heterocycles. The maximum Gasteiger partial charge on any atom is 0.297 e. The van der Waals surface area contributed by atoms with Crippen molar-refractivity contribution in [1.82, 2.24) is 0 Å². The van der Waals surface area contributed by atoms with Gasteiger partial charge in [-0.3, -0.25) is 4.18 Å². The fourth-order valence-corrected chi connectivity index (χ4v) is 12.4. The van der Waals surface area contributed by atoms with Gasteiger partial charge in [-0.2, -0.15) is 8.42 Å². The molecule has 0 saturated carbocycles. The van der Waals surface area contributed by atoms with Crippen LogP contribution in [0, 0.1) is 6.92 Å². The Morgan fingerprint density at radius 1 is 0.630 bits per heavy atom. The molecule has 0 aromatic heterocycles. The van der Waals surface area contributed by atoms with Crippen LogP contribution in [0.5, 0.6) is 0 Å². The summed E-state index contributed by atoms with van der Waals surface area (Å²) < 4.78 is 90.9. The first-order chi connectivity index (χ1) is 34.1. The Labute approximate surface area is 449 Å². The van der Waals surface area contributed by atoms with Crippen LogP contribution in [0.15, 0.2) is 65.6 Å². The summed E-state index contributed by atoms with van der Waals surface area (Å²) in [6.45, 7) is 39.5. The largest absolute Gasteiger partial charge is 0.417 e. The van der Waals surface area contributed by atoms with E-state index in [1.54, 1.807) is 24.3 Å². The zero-order valence-corrected chi connectivity index (χ0v) is 53.5. The second-order valence-electron chi connectivity index (χ2n) is 25.4.